The minimum Gasteiger partial charge on any atom is -0.388 e. The summed E-state index contributed by atoms with van der Waals surface area (Å²) < 4.78 is 2.92. The van der Waals surface area contributed by atoms with Crippen LogP contribution in [0.2, 0.25) is 0 Å². The molecule has 0 aliphatic heterocycles. The van der Waals surface area contributed by atoms with Crippen LogP contribution in [0.3, 0.4) is 0 Å². The van der Waals surface area contributed by atoms with Crippen molar-refractivity contribution in [2.24, 2.45) is 5.92 Å². The Balaban J connectivity index is 3.88. The van der Waals surface area contributed by atoms with Crippen molar-refractivity contribution >= 4 is 45.2 Å². The first-order valence-electron chi connectivity index (χ1n) is 2.73. The van der Waals surface area contributed by atoms with Gasteiger partial charge in [-0.1, -0.05) is 36.4 Å². The van der Waals surface area contributed by atoms with Gasteiger partial charge in [-0.15, -0.1) is 0 Å². The van der Waals surface area contributed by atoms with E-state index in [1.165, 1.54) is 0 Å². The zero-order valence-corrected chi connectivity index (χ0v) is 9.75. The number of hydrogen-bond acceptors (Lipinski definition) is 1. The molecule has 0 bridgehead atoms. The topological polar surface area (TPSA) is 20.2 Å². The highest BCUT2D eigenvalue weighted by Gasteiger charge is 2.10. The lowest BCUT2D eigenvalue weighted by atomic mass is 10.1. The lowest BCUT2D eigenvalue weighted by molar-refractivity contribution is 0.170. The Morgan fingerprint density at radius 3 is 2.11 bits per heavy atom. The zero-order chi connectivity index (χ0) is 7.44. The number of halogens is 2. The summed E-state index contributed by atoms with van der Waals surface area (Å²) in [6, 6.07) is 0. The molecule has 3 heteroatoms. The van der Waals surface area contributed by atoms with Crippen LogP contribution in [0.5, 0.6) is 0 Å². The van der Waals surface area contributed by atoms with Gasteiger partial charge in [-0.3, -0.25) is 0 Å². The fourth-order valence-corrected chi connectivity index (χ4v) is 1.47. The van der Waals surface area contributed by atoms with Crippen LogP contribution in [-0.2, 0) is 0 Å². The van der Waals surface area contributed by atoms with E-state index in [-0.39, 0.29) is 6.10 Å². The summed E-state index contributed by atoms with van der Waals surface area (Å²) in [5.41, 5.74) is 0. The number of rotatable bonds is 2. The highest BCUT2D eigenvalue weighted by Crippen LogP contribution is 2.19. The van der Waals surface area contributed by atoms with Crippen LogP contribution in [0.4, 0.5) is 0 Å². The third-order valence-electron chi connectivity index (χ3n) is 1.02. The maximum absolute atomic E-state index is 9.31. The Kier molecular flexibility index (Phi) is 5.53. The molecular weight excluding hydrogens is 342 g/mol. The Morgan fingerprint density at radius 1 is 1.56 bits per heavy atom. The second-order valence-corrected chi connectivity index (χ2v) is 4.05. The molecule has 0 saturated carbocycles. The summed E-state index contributed by atoms with van der Waals surface area (Å²) in [6.07, 6.45) is -0.275. The summed E-state index contributed by atoms with van der Waals surface area (Å²) in [5, 5.41) is 9.31. The summed E-state index contributed by atoms with van der Waals surface area (Å²) in [5.74, 6) is 0.322. The maximum Gasteiger partial charge on any atom is 0.0873 e. The van der Waals surface area contributed by atoms with E-state index in [0.717, 1.165) is 3.58 Å². The average Bonchev–Trinajstić information content (AvgIpc) is 1.84. The molecule has 1 nitrogen and oxygen atoms in total. The molecule has 0 fully saturated rings. The molecule has 0 saturated heterocycles. The molecule has 0 aliphatic carbocycles. The van der Waals surface area contributed by atoms with Gasteiger partial charge in [0.1, 0.15) is 0 Å². The molecule has 0 amide bonds. The van der Waals surface area contributed by atoms with E-state index in [0.29, 0.717) is 5.92 Å². The monoisotopic (exact) mass is 352 g/mol. The number of aliphatic hydroxyl groups is 1. The summed E-state index contributed by atoms with van der Waals surface area (Å²) >= 11 is 4.28. The van der Waals surface area contributed by atoms with Crippen LogP contribution in [0.25, 0.3) is 0 Å². The van der Waals surface area contributed by atoms with E-state index < -0.39 is 0 Å². The molecule has 54 valence electrons. The molecule has 0 aliphatic rings. The Labute approximate surface area is 83.2 Å². The van der Waals surface area contributed by atoms with Crippen LogP contribution < -0.4 is 0 Å². The first-order valence-corrected chi connectivity index (χ1v) is 5.06. The number of aliphatic hydroxyl groups excluding tert-OH is 1. The second kappa shape index (κ2) is 4.90. The van der Waals surface area contributed by atoms with Crippen LogP contribution in [0, 0.1) is 5.92 Å². The van der Waals surface area contributed by atoms with Gasteiger partial charge in [0.15, 0.2) is 0 Å². The molecule has 0 spiro atoms. The van der Waals surface area contributed by atoms with Crippen LogP contribution >= 0.6 is 45.2 Å². The molecule has 0 aromatic carbocycles. The summed E-state index contributed by atoms with van der Waals surface area (Å²) in [4.78, 5) is 0. The van der Waals surface area contributed by atoms with E-state index in [1.54, 1.807) is 0 Å². The average molecular weight is 352 g/mol. The Hall–Kier alpha value is 1.16. The Morgan fingerprint density at radius 2 is 2.00 bits per heavy atom. The molecule has 0 aromatic rings. The van der Waals surface area contributed by atoms with Gasteiger partial charge in [-0.2, -0.15) is 0 Å². The van der Waals surface area contributed by atoms with E-state index in [1.807, 2.05) is 17.9 Å². The smallest absolute Gasteiger partial charge is 0.0873 e. The van der Waals surface area contributed by atoms with Gasteiger partial charge in [-0.25, -0.2) is 0 Å². The van der Waals surface area contributed by atoms with Crippen LogP contribution in [-0.4, -0.2) is 11.2 Å². The summed E-state index contributed by atoms with van der Waals surface area (Å²) in [7, 11) is 0. The quantitative estimate of drug-likeness (QED) is 0.758. The minimum absolute atomic E-state index is 0.275. The Bertz CT molecular complexity index is 110. The minimum atomic E-state index is -0.275. The van der Waals surface area contributed by atoms with Gasteiger partial charge in [0.25, 0.3) is 0 Å². The van der Waals surface area contributed by atoms with Gasteiger partial charge in [0.2, 0.25) is 0 Å². The first-order chi connectivity index (χ1) is 4.09. The van der Waals surface area contributed by atoms with Crippen molar-refractivity contribution in [3.8, 4) is 0 Å². The van der Waals surface area contributed by atoms with Gasteiger partial charge in [0.05, 0.1) is 6.10 Å². The van der Waals surface area contributed by atoms with Crippen molar-refractivity contribution in [1.82, 2.24) is 0 Å². The first kappa shape index (κ1) is 10.2. The molecule has 0 radical (unpaired) electrons. The van der Waals surface area contributed by atoms with Crippen molar-refractivity contribution < 1.29 is 5.11 Å². The molecule has 9 heavy (non-hydrogen) atoms. The van der Waals surface area contributed by atoms with Crippen molar-refractivity contribution in [3.05, 3.63) is 7.66 Å². The van der Waals surface area contributed by atoms with Gasteiger partial charge in [-0.05, 0) is 32.6 Å². The molecule has 0 heterocycles. The van der Waals surface area contributed by atoms with Gasteiger partial charge >= 0.3 is 0 Å². The molecule has 1 atom stereocenters. The third kappa shape index (κ3) is 3.77. The van der Waals surface area contributed by atoms with E-state index in [9.17, 15) is 5.11 Å². The maximum atomic E-state index is 9.31. The van der Waals surface area contributed by atoms with Gasteiger partial charge in [0, 0.05) is 3.58 Å². The predicted octanol–water partition coefficient (Wildman–Crippen LogP) is 2.71. The molecule has 0 aromatic heterocycles. The van der Waals surface area contributed by atoms with E-state index >= 15 is 0 Å². The molecular formula is C6H10I2O. The summed E-state index contributed by atoms with van der Waals surface area (Å²) in [6.45, 7) is 4.01. The number of hydrogen-bond donors (Lipinski definition) is 1. The van der Waals surface area contributed by atoms with Crippen molar-refractivity contribution in [2.75, 3.05) is 0 Å². The molecule has 1 unspecified atom stereocenters. The second-order valence-electron chi connectivity index (χ2n) is 2.18. The van der Waals surface area contributed by atoms with Crippen molar-refractivity contribution in [1.29, 1.82) is 0 Å². The van der Waals surface area contributed by atoms with Crippen molar-refractivity contribution in [2.45, 2.75) is 20.0 Å². The SMILES string of the molecule is CC(C)C(O)/C(I)=C\I. The molecule has 1 N–H and O–H groups in total. The van der Waals surface area contributed by atoms with Crippen molar-refractivity contribution in [3.63, 3.8) is 0 Å². The third-order valence-corrected chi connectivity index (χ3v) is 3.83. The van der Waals surface area contributed by atoms with Gasteiger partial charge < -0.3 is 5.11 Å². The molecule has 0 rings (SSSR count). The predicted molar refractivity (Wildman–Crippen MR) is 57.0 cm³/mol. The highest BCUT2D eigenvalue weighted by atomic mass is 127. The van der Waals surface area contributed by atoms with Crippen LogP contribution in [0.1, 0.15) is 13.8 Å². The zero-order valence-electron chi connectivity index (χ0n) is 5.44. The standard InChI is InChI=1S/C6H10I2O/c1-4(2)6(9)5(8)3-7/h3-4,6,9H,1-2H3/b5-3+. The lowest BCUT2D eigenvalue weighted by Gasteiger charge is -2.12. The highest BCUT2D eigenvalue weighted by molar-refractivity contribution is 14.1. The fourth-order valence-electron chi connectivity index (χ4n) is 0.383. The van der Waals surface area contributed by atoms with E-state index in [2.05, 4.69) is 45.2 Å². The lowest BCUT2D eigenvalue weighted by Crippen LogP contribution is -2.13. The normalized spacial score (nSPS) is 16.4. The largest absolute Gasteiger partial charge is 0.388 e. The fraction of sp³-hybridized carbons (Fsp3) is 0.667. The van der Waals surface area contributed by atoms with Crippen LogP contribution in [0.15, 0.2) is 7.66 Å². The van der Waals surface area contributed by atoms with E-state index in [4.69, 9.17) is 0 Å².